The second-order valence-corrected chi connectivity index (χ2v) is 5.91. The molecule has 8 heteroatoms. The van der Waals surface area contributed by atoms with Crippen LogP contribution in [0, 0.1) is 0 Å². The van der Waals surface area contributed by atoms with Gasteiger partial charge in [-0.1, -0.05) is 19.8 Å². The predicted molar refractivity (Wildman–Crippen MR) is 84.9 cm³/mol. The Morgan fingerprint density at radius 1 is 1.32 bits per heavy atom. The summed E-state index contributed by atoms with van der Waals surface area (Å²) >= 11 is 1.42. The molecule has 1 fully saturated rings. The van der Waals surface area contributed by atoms with Crippen LogP contribution in [0.1, 0.15) is 43.1 Å². The monoisotopic (exact) mass is 326 g/mol. The zero-order valence-electron chi connectivity index (χ0n) is 12.8. The number of aromatic nitrogens is 1. The van der Waals surface area contributed by atoms with Crippen LogP contribution in [0.2, 0.25) is 0 Å². The lowest BCUT2D eigenvalue weighted by Gasteiger charge is -2.25. The number of unbranched alkanes of at least 4 members (excludes halogenated alkanes) is 2. The van der Waals surface area contributed by atoms with E-state index in [1.54, 1.807) is 5.38 Å². The highest BCUT2D eigenvalue weighted by Crippen LogP contribution is 2.21. The predicted octanol–water partition coefficient (Wildman–Crippen LogP) is 1.32. The molecular weight excluding hydrogens is 304 g/mol. The second-order valence-electron chi connectivity index (χ2n) is 5.07. The van der Waals surface area contributed by atoms with Crippen molar-refractivity contribution in [3.8, 4) is 0 Å². The molecule has 1 aromatic rings. The third-order valence-electron chi connectivity index (χ3n) is 3.33. The van der Waals surface area contributed by atoms with Crippen molar-refractivity contribution >= 4 is 28.3 Å². The molecule has 7 nitrogen and oxygen atoms in total. The van der Waals surface area contributed by atoms with Gasteiger partial charge < -0.3 is 9.64 Å². The van der Waals surface area contributed by atoms with Crippen LogP contribution >= 0.6 is 11.3 Å². The minimum atomic E-state index is -0.389. The van der Waals surface area contributed by atoms with E-state index in [4.69, 9.17) is 4.74 Å². The molecule has 0 unspecified atom stereocenters. The minimum absolute atomic E-state index is 0.176. The van der Waals surface area contributed by atoms with Crippen LogP contribution in [-0.2, 0) is 9.53 Å². The lowest BCUT2D eigenvalue weighted by molar-refractivity contribution is -0.121. The van der Waals surface area contributed by atoms with Gasteiger partial charge in [-0.05, 0) is 6.42 Å². The Labute approximate surface area is 134 Å². The van der Waals surface area contributed by atoms with Crippen LogP contribution in [0.5, 0.6) is 0 Å². The molecule has 0 radical (unpaired) electrons. The number of nitrogens with one attached hydrogen (secondary N) is 2. The Balaban J connectivity index is 1.77. The molecule has 0 spiro atoms. The number of thiazole rings is 1. The highest BCUT2D eigenvalue weighted by molar-refractivity contribution is 7.13. The fourth-order valence-corrected chi connectivity index (χ4v) is 2.92. The molecule has 1 aromatic heterocycles. The van der Waals surface area contributed by atoms with E-state index in [1.165, 1.54) is 11.3 Å². The van der Waals surface area contributed by atoms with Crippen molar-refractivity contribution < 1.29 is 14.3 Å². The van der Waals surface area contributed by atoms with E-state index in [9.17, 15) is 9.59 Å². The number of ether oxygens (including phenoxy) is 1. The van der Waals surface area contributed by atoms with Gasteiger partial charge in [-0.15, -0.1) is 11.3 Å². The number of carbonyl (C=O) groups excluding carboxylic acids is 2. The Bertz CT molecular complexity index is 500. The third-order valence-corrected chi connectivity index (χ3v) is 4.23. The second kappa shape index (κ2) is 8.70. The van der Waals surface area contributed by atoms with Crippen LogP contribution in [-0.4, -0.2) is 43.1 Å². The first-order chi connectivity index (χ1) is 10.7. The number of hydrogen-bond acceptors (Lipinski definition) is 6. The molecule has 122 valence electrons. The summed E-state index contributed by atoms with van der Waals surface area (Å²) in [4.78, 5) is 29.9. The molecule has 2 rings (SSSR count). The number of carbonyl (C=O) groups is 2. The van der Waals surface area contributed by atoms with Gasteiger partial charge in [0.05, 0.1) is 13.2 Å². The lowest BCUT2D eigenvalue weighted by Crippen LogP contribution is -2.41. The smallest absolute Gasteiger partial charge is 0.289 e. The Morgan fingerprint density at radius 2 is 2.09 bits per heavy atom. The number of hydrogen-bond donors (Lipinski definition) is 2. The summed E-state index contributed by atoms with van der Waals surface area (Å²) < 4.78 is 5.29. The molecule has 0 atom stereocenters. The van der Waals surface area contributed by atoms with Crippen LogP contribution in [0.3, 0.4) is 0 Å². The van der Waals surface area contributed by atoms with Gasteiger partial charge in [0.15, 0.2) is 5.13 Å². The summed E-state index contributed by atoms with van der Waals surface area (Å²) in [5.41, 5.74) is 5.15. The Hall–Kier alpha value is -1.67. The summed E-state index contributed by atoms with van der Waals surface area (Å²) in [6.45, 7) is 4.99. The molecular formula is C14H22N4O3S. The van der Waals surface area contributed by atoms with Crippen molar-refractivity contribution in [3.63, 3.8) is 0 Å². The van der Waals surface area contributed by atoms with Gasteiger partial charge in [-0.3, -0.25) is 20.4 Å². The van der Waals surface area contributed by atoms with E-state index < -0.39 is 0 Å². The quantitative estimate of drug-likeness (QED) is 0.608. The van der Waals surface area contributed by atoms with E-state index in [0.717, 1.165) is 37.5 Å². The molecule has 0 bridgehead atoms. The standard InChI is InChI=1S/C14H22N4O3S/c1-2-3-4-5-12(19)16-17-13(20)11-10-22-14(15-11)18-6-8-21-9-7-18/h10H,2-9H2,1H3,(H,16,19)(H,17,20). The fourth-order valence-electron chi connectivity index (χ4n) is 2.06. The highest BCUT2D eigenvalue weighted by atomic mass is 32.1. The van der Waals surface area contributed by atoms with Gasteiger partial charge in [-0.2, -0.15) is 0 Å². The number of anilines is 1. The zero-order valence-corrected chi connectivity index (χ0v) is 13.6. The molecule has 22 heavy (non-hydrogen) atoms. The summed E-state index contributed by atoms with van der Waals surface area (Å²) in [5, 5.41) is 2.51. The highest BCUT2D eigenvalue weighted by Gasteiger charge is 2.17. The van der Waals surface area contributed by atoms with Crippen molar-refractivity contribution in [2.75, 3.05) is 31.2 Å². The maximum absolute atomic E-state index is 12.0. The zero-order chi connectivity index (χ0) is 15.8. The van der Waals surface area contributed by atoms with Gasteiger partial charge >= 0.3 is 0 Å². The topological polar surface area (TPSA) is 83.6 Å². The van der Waals surface area contributed by atoms with Crippen LogP contribution < -0.4 is 15.8 Å². The average molecular weight is 326 g/mol. The minimum Gasteiger partial charge on any atom is -0.378 e. The lowest BCUT2D eigenvalue weighted by atomic mass is 10.2. The first-order valence-corrected chi connectivity index (χ1v) is 8.46. The van der Waals surface area contributed by atoms with Crippen LogP contribution in [0.25, 0.3) is 0 Å². The number of rotatable bonds is 6. The number of hydrazine groups is 1. The number of amides is 2. The normalized spacial score (nSPS) is 14.7. The molecule has 0 saturated carbocycles. The van der Waals surface area contributed by atoms with E-state index >= 15 is 0 Å². The van der Waals surface area contributed by atoms with Crippen molar-refractivity contribution in [2.45, 2.75) is 32.6 Å². The Morgan fingerprint density at radius 3 is 2.82 bits per heavy atom. The van der Waals surface area contributed by atoms with E-state index in [-0.39, 0.29) is 11.8 Å². The van der Waals surface area contributed by atoms with Crippen molar-refractivity contribution in [2.24, 2.45) is 0 Å². The van der Waals surface area contributed by atoms with E-state index in [0.29, 0.717) is 25.3 Å². The molecule has 1 aliphatic rings. The molecule has 0 aliphatic carbocycles. The molecule has 2 heterocycles. The number of nitrogens with zero attached hydrogens (tertiary/aromatic N) is 2. The number of morpholine rings is 1. The summed E-state index contributed by atoms with van der Waals surface area (Å²) in [5.74, 6) is -0.565. The van der Waals surface area contributed by atoms with Crippen molar-refractivity contribution in [1.82, 2.24) is 15.8 Å². The molecule has 2 amide bonds. The molecule has 0 aromatic carbocycles. The maximum Gasteiger partial charge on any atom is 0.289 e. The fraction of sp³-hybridized carbons (Fsp3) is 0.643. The first kappa shape index (κ1) is 16.7. The van der Waals surface area contributed by atoms with Crippen molar-refractivity contribution in [3.05, 3.63) is 11.1 Å². The summed E-state index contributed by atoms with van der Waals surface area (Å²) in [6, 6.07) is 0. The van der Waals surface area contributed by atoms with Gasteiger partial charge in [0, 0.05) is 24.9 Å². The van der Waals surface area contributed by atoms with Crippen molar-refractivity contribution in [1.29, 1.82) is 0 Å². The maximum atomic E-state index is 12.0. The van der Waals surface area contributed by atoms with Gasteiger partial charge in [0.25, 0.3) is 5.91 Å². The first-order valence-electron chi connectivity index (χ1n) is 7.58. The molecule has 1 saturated heterocycles. The van der Waals surface area contributed by atoms with E-state index in [1.807, 2.05) is 0 Å². The summed E-state index contributed by atoms with van der Waals surface area (Å²) in [6.07, 6.45) is 3.32. The van der Waals surface area contributed by atoms with Crippen LogP contribution in [0.15, 0.2) is 5.38 Å². The largest absolute Gasteiger partial charge is 0.378 e. The van der Waals surface area contributed by atoms with Gasteiger partial charge in [-0.25, -0.2) is 4.98 Å². The average Bonchev–Trinajstić information content (AvgIpc) is 3.04. The molecule has 2 N–H and O–H groups in total. The molecule has 1 aliphatic heterocycles. The van der Waals surface area contributed by atoms with E-state index in [2.05, 4.69) is 27.7 Å². The third kappa shape index (κ3) is 4.96. The van der Waals surface area contributed by atoms with Gasteiger partial charge in [0.2, 0.25) is 5.91 Å². The summed E-state index contributed by atoms with van der Waals surface area (Å²) in [7, 11) is 0. The Kier molecular flexibility index (Phi) is 6.60. The SMILES string of the molecule is CCCCCC(=O)NNC(=O)c1csc(N2CCOCC2)n1. The van der Waals surface area contributed by atoms with Gasteiger partial charge in [0.1, 0.15) is 5.69 Å². The van der Waals surface area contributed by atoms with Crippen LogP contribution in [0.4, 0.5) is 5.13 Å².